The molecule has 0 unspecified atom stereocenters. The van der Waals surface area contributed by atoms with E-state index in [-0.39, 0.29) is 29.3 Å². The molecule has 0 bridgehead atoms. The van der Waals surface area contributed by atoms with Gasteiger partial charge in [-0.2, -0.15) is 0 Å². The number of allylic oxidation sites excluding steroid dienone is 1. The number of benzene rings is 2. The molecule has 2 aromatic carbocycles. The fourth-order valence-electron chi connectivity index (χ4n) is 11.1. The Kier molecular flexibility index (Phi) is 9.35. The first kappa shape index (κ1) is 33.4. The van der Waals surface area contributed by atoms with E-state index in [0.717, 1.165) is 44.1 Å². The minimum absolute atomic E-state index is 0.112. The number of hydrogen-bond acceptors (Lipinski definition) is 5. The van der Waals surface area contributed by atoms with Gasteiger partial charge in [0.25, 0.3) is 0 Å². The SMILES string of the molecule is C[C@H](CCCO)[C@H]1CC[C@@]2(C)C3=C(CC[C@]12C)[C@@]1(C)[C@H](O)C[C@H](OC(=O)c2ccccc2)[C@@](C)(COCc2ccccc2)[C@@H]1CC3. The highest BCUT2D eigenvalue weighted by Gasteiger charge is 2.66. The highest BCUT2D eigenvalue weighted by Crippen LogP contribution is 2.72. The number of aliphatic hydroxyl groups excluding tert-OH is 2. The molecule has 0 saturated heterocycles. The van der Waals surface area contributed by atoms with Gasteiger partial charge < -0.3 is 19.7 Å². The molecule has 2 fully saturated rings. The summed E-state index contributed by atoms with van der Waals surface area (Å²) in [6.45, 7) is 13.3. The maximum Gasteiger partial charge on any atom is 0.338 e. The predicted octanol–water partition coefficient (Wildman–Crippen LogP) is 8.54. The van der Waals surface area contributed by atoms with Crippen molar-refractivity contribution in [3.63, 3.8) is 0 Å². The van der Waals surface area contributed by atoms with Crippen molar-refractivity contribution in [2.24, 2.45) is 39.4 Å². The van der Waals surface area contributed by atoms with Gasteiger partial charge in [-0.3, -0.25) is 0 Å². The number of carbonyl (C=O) groups excluding carboxylic acids is 1. The Balaban J connectivity index is 1.33. The summed E-state index contributed by atoms with van der Waals surface area (Å²) in [5.74, 6) is 1.02. The van der Waals surface area contributed by atoms with Gasteiger partial charge >= 0.3 is 5.97 Å². The van der Waals surface area contributed by atoms with Crippen LogP contribution in [0.3, 0.4) is 0 Å². The van der Waals surface area contributed by atoms with Crippen molar-refractivity contribution in [2.75, 3.05) is 13.2 Å². The molecule has 4 aliphatic carbocycles. The van der Waals surface area contributed by atoms with Gasteiger partial charge in [-0.05, 0) is 97.6 Å². The third-order valence-corrected chi connectivity index (χ3v) is 14.0. The third-order valence-electron chi connectivity index (χ3n) is 14.0. The van der Waals surface area contributed by atoms with Crippen LogP contribution in [0.25, 0.3) is 0 Å². The van der Waals surface area contributed by atoms with Crippen LogP contribution in [0.5, 0.6) is 0 Å². The molecule has 2 saturated carbocycles. The molecule has 0 spiro atoms. The Labute approximate surface area is 276 Å². The molecule has 0 heterocycles. The fraction of sp³-hybridized carbons (Fsp3) is 0.634. The van der Waals surface area contributed by atoms with E-state index >= 15 is 0 Å². The van der Waals surface area contributed by atoms with Crippen LogP contribution in [0.4, 0.5) is 0 Å². The van der Waals surface area contributed by atoms with E-state index in [1.54, 1.807) is 17.7 Å². The summed E-state index contributed by atoms with van der Waals surface area (Å²) in [6.07, 6.45) is 7.88. The zero-order valence-electron chi connectivity index (χ0n) is 28.8. The van der Waals surface area contributed by atoms with Gasteiger partial charge in [0.2, 0.25) is 0 Å². The second-order valence-corrected chi connectivity index (χ2v) is 16.1. The predicted molar refractivity (Wildman–Crippen MR) is 182 cm³/mol. The number of rotatable bonds is 10. The standard InChI is InChI=1S/C41H56O5/c1-28(13-12-24-42)31-20-22-40(4)32-18-19-34-38(2,27-45-26-29-14-8-6-9-15-29)36(46-37(44)30-16-10-7-11-17-30)25-35(43)41(34,5)33(32)21-23-39(31,40)3/h6-11,14-17,28,31,34-36,42-43H,12-13,18-27H2,1-5H3/t28-,31-,34+,35-,36+,38+,39-,40+,41-/m1/s1. The Hall–Kier alpha value is -2.47. The van der Waals surface area contributed by atoms with Crippen molar-refractivity contribution in [3.05, 3.63) is 82.9 Å². The van der Waals surface area contributed by atoms with Crippen LogP contribution in [0.1, 0.15) is 108 Å². The molecular weight excluding hydrogens is 572 g/mol. The van der Waals surface area contributed by atoms with Gasteiger partial charge in [-0.25, -0.2) is 4.79 Å². The molecule has 4 aliphatic rings. The van der Waals surface area contributed by atoms with Gasteiger partial charge in [-0.15, -0.1) is 0 Å². The lowest BCUT2D eigenvalue weighted by atomic mass is 9.42. The molecule has 0 aromatic heterocycles. The minimum atomic E-state index is -0.604. The molecule has 0 aliphatic heterocycles. The molecule has 0 amide bonds. The van der Waals surface area contributed by atoms with Crippen molar-refractivity contribution in [1.29, 1.82) is 0 Å². The van der Waals surface area contributed by atoms with Crippen molar-refractivity contribution >= 4 is 5.97 Å². The van der Waals surface area contributed by atoms with Crippen LogP contribution in [0.2, 0.25) is 0 Å². The molecule has 46 heavy (non-hydrogen) atoms. The lowest BCUT2D eigenvalue weighted by Gasteiger charge is -2.64. The van der Waals surface area contributed by atoms with Crippen LogP contribution in [-0.2, 0) is 16.1 Å². The van der Waals surface area contributed by atoms with Crippen LogP contribution < -0.4 is 0 Å². The van der Waals surface area contributed by atoms with Gasteiger partial charge in [0.15, 0.2) is 0 Å². The van der Waals surface area contributed by atoms with E-state index < -0.39 is 23.0 Å². The quantitative estimate of drug-likeness (QED) is 0.204. The Morgan fingerprint density at radius 1 is 0.935 bits per heavy atom. The lowest BCUT2D eigenvalue weighted by Crippen LogP contribution is -2.63. The van der Waals surface area contributed by atoms with Crippen molar-refractivity contribution in [1.82, 2.24) is 0 Å². The number of carbonyl (C=O) groups is 1. The van der Waals surface area contributed by atoms with E-state index in [1.807, 2.05) is 36.4 Å². The molecule has 6 rings (SSSR count). The lowest BCUT2D eigenvalue weighted by molar-refractivity contribution is -0.185. The largest absolute Gasteiger partial charge is 0.458 e. The van der Waals surface area contributed by atoms with Crippen molar-refractivity contribution in [2.45, 2.75) is 111 Å². The second-order valence-electron chi connectivity index (χ2n) is 16.1. The molecule has 9 atom stereocenters. The third kappa shape index (κ3) is 5.39. The topological polar surface area (TPSA) is 76.0 Å². The molecule has 2 N–H and O–H groups in total. The fourth-order valence-corrected chi connectivity index (χ4v) is 11.1. The summed E-state index contributed by atoms with van der Waals surface area (Å²) in [5, 5.41) is 21.8. The highest BCUT2D eigenvalue weighted by molar-refractivity contribution is 5.89. The van der Waals surface area contributed by atoms with E-state index in [0.29, 0.717) is 37.0 Å². The summed E-state index contributed by atoms with van der Waals surface area (Å²) < 4.78 is 12.9. The average Bonchev–Trinajstić information content (AvgIpc) is 3.34. The number of fused-ring (bicyclic) bond motifs is 4. The molecule has 0 radical (unpaired) electrons. The highest BCUT2D eigenvalue weighted by atomic mass is 16.5. The van der Waals surface area contributed by atoms with Crippen LogP contribution in [0, 0.1) is 39.4 Å². The first-order chi connectivity index (χ1) is 22.0. The number of hydrogen-bond donors (Lipinski definition) is 2. The summed E-state index contributed by atoms with van der Waals surface area (Å²) in [6, 6.07) is 19.5. The van der Waals surface area contributed by atoms with Crippen molar-refractivity contribution < 1.29 is 24.5 Å². The van der Waals surface area contributed by atoms with Crippen molar-refractivity contribution in [3.8, 4) is 0 Å². The smallest absolute Gasteiger partial charge is 0.338 e. The van der Waals surface area contributed by atoms with Gasteiger partial charge in [0.1, 0.15) is 6.10 Å². The maximum absolute atomic E-state index is 13.5. The van der Waals surface area contributed by atoms with Crippen LogP contribution >= 0.6 is 0 Å². The molecular formula is C41H56O5. The average molecular weight is 629 g/mol. The number of aliphatic hydroxyl groups is 2. The first-order valence-electron chi connectivity index (χ1n) is 17.9. The van der Waals surface area contributed by atoms with E-state index in [4.69, 9.17) is 9.47 Å². The van der Waals surface area contributed by atoms with E-state index in [1.165, 1.54) is 18.4 Å². The zero-order valence-corrected chi connectivity index (χ0v) is 28.8. The molecule has 5 nitrogen and oxygen atoms in total. The Morgan fingerprint density at radius 3 is 2.33 bits per heavy atom. The van der Waals surface area contributed by atoms with E-state index in [2.05, 4.69) is 46.8 Å². The Bertz CT molecular complexity index is 1400. The van der Waals surface area contributed by atoms with Gasteiger partial charge in [-0.1, -0.05) is 94.3 Å². The second kappa shape index (κ2) is 12.9. The zero-order chi connectivity index (χ0) is 32.7. The van der Waals surface area contributed by atoms with Gasteiger partial charge in [0, 0.05) is 23.9 Å². The summed E-state index contributed by atoms with van der Waals surface area (Å²) >= 11 is 0. The van der Waals surface area contributed by atoms with Crippen LogP contribution in [0.15, 0.2) is 71.8 Å². The first-order valence-corrected chi connectivity index (χ1v) is 17.9. The maximum atomic E-state index is 13.5. The van der Waals surface area contributed by atoms with Gasteiger partial charge in [0.05, 0.1) is 24.9 Å². The monoisotopic (exact) mass is 628 g/mol. The summed E-state index contributed by atoms with van der Waals surface area (Å²) in [7, 11) is 0. The summed E-state index contributed by atoms with van der Waals surface area (Å²) in [5.41, 5.74) is 4.23. The minimum Gasteiger partial charge on any atom is -0.458 e. The number of esters is 1. The molecule has 2 aromatic rings. The van der Waals surface area contributed by atoms with Crippen LogP contribution in [-0.4, -0.2) is 41.6 Å². The van der Waals surface area contributed by atoms with E-state index in [9.17, 15) is 15.0 Å². The summed E-state index contributed by atoms with van der Waals surface area (Å²) in [4.78, 5) is 13.5. The molecule has 5 heteroatoms. The number of ether oxygens (including phenoxy) is 2. The Morgan fingerprint density at radius 2 is 1.63 bits per heavy atom. The molecule has 250 valence electrons. The normalized spacial score (nSPS) is 37.6.